The molecule has 0 aliphatic carbocycles. The van der Waals surface area contributed by atoms with E-state index in [1.165, 1.54) is 37.4 Å². The van der Waals surface area contributed by atoms with Gasteiger partial charge in [0.1, 0.15) is 18.4 Å². The molecule has 1 saturated heterocycles. The van der Waals surface area contributed by atoms with Crippen molar-refractivity contribution in [3.63, 3.8) is 0 Å². The first-order valence-electron chi connectivity index (χ1n) is 11.1. The van der Waals surface area contributed by atoms with E-state index < -0.39 is 53.3 Å². The van der Waals surface area contributed by atoms with Crippen molar-refractivity contribution in [1.29, 1.82) is 0 Å². The number of carbonyl (C=O) groups is 2. The summed E-state index contributed by atoms with van der Waals surface area (Å²) in [6, 6.07) is 12.9. The SMILES string of the molecule is Cc1ccc(C(=O)C(O)[C@H]2O[C@@H](n3cc(C)c(=O)[nH]c3=O)C[C@@]2(O)C(=O)c2ccc(C)cc2)cc1. The molecule has 0 spiro atoms. The molecule has 35 heavy (non-hydrogen) atoms. The average Bonchev–Trinajstić information content (AvgIpc) is 3.19. The molecular formula is C26H26N2O7. The molecule has 4 rings (SSSR count). The second-order valence-corrected chi connectivity index (χ2v) is 8.99. The third-order valence-corrected chi connectivity index (χ3v) is 6.31. The number of Topliss-reactive ketones (excluding diaryl/α,β-unsaturated/α-hetero) is 2. The van der Waals surface area contributed by atoms with Gasteiger partial charge in [-0.2, -0.15) is 0 Å². The number of aliphatic hydroxyl groups excluding tert-OH is 1. The largest absolute Gasteiger partial charge is 0.382 e. The minimum Gasteiger partial charge on any atom is -0.382 e. The maximum absolute atomic E-state index is 13.5. The van der Waals surface area contributed by atoms with Gasteiger partial charge in [0.15, 0.2) is 17.2 Å². The molecule has 2 aromatic carbocycles. The molecule has 3 N–H and O–H groups in total. The predicted molar refractivity (Wildman–Crippen MR) is 127 cm³/mol. The molecule has 182 valence electrons. The fourth-order valence-electron chi connectivity index (χ4n) is 4.21. The Kier molecular flexibility index (Phi) is 6.42. The summed E-state index contributed by atoms with van der Waals surface area (Å²) >= 11 is 0. The van der Waals surface area contributed by atoms with E-state index in [4.69, 9.17) is 4.74 Å². The predicted octanol–water partition coefficient (Wildman–Crippen LogP) is 1.61. The van der Waals surface area contributed by atoms with Gasteiger partial charge in [-0.25, -0.2) is 4.79 Å². The Bertz CT molecular complexity index is 1390. The van der Waals surface area contributed by atoms with E-state index in [0.29, 0.717) is 0 Å². The standard InChI is InChI=1S/C26H26N2O7/c1-14-4-8-17(9-5-14)20(29)21(30)23-26(34,22(31)18-10-6-15(2)7-11-18)12-19(35-23)28-13-16(3)24(32)27-25(28)33/h4-11,13,19,21,23,30,34H,12H2,1-3H3,(H,27,32,33)/t19-,21?,23-,26-/m1/s1. The highest BCUT2D eigenvalue weighted by Gasteiger charge is 2.57. The highest BCUT2D eigenvalue weighted by molar-refractivity contribution is 6.05. The van der Waals surface area contributed by atoms with Crippen LogP contribution in [0.2, 0.25) is 0 Å². The third-order valence-electron chi connectivity index (χ3n) is 6.31. The number of aryl methyl sites for hydroxylation is 3. The topological polar surface area (TPSA) is 139 Å². The van der Waals surface area contributed by atoms with Gasteiger partial charge in [-0.3, -0.25) is 23.9 Å². The van der Waals surface area contributed by atoms with Gasteiger partial charge < -0.3 is 14.9 Å². The van der Waals surface area contributed by atoms with Crippen molar-refractivity contribution in [1.82, 2.24) is 9.55 Å². The smallest absolute Gasteiger partial charge is 0.330 e. The van der Waals surface area contributed by atoms with Crippen molar-refractivity contribution < 1.29 is 24.5 Å². The first kappa shape index (κ1) is 24.5. The number of nitrogens with one attached hydrogen (secondary N) is 1. The number of rotatable bonds is 6. The summed E-state index contributed by atoms with van der Waals surface area (Å²) in [4.78, 5) is 53.0. The minimum atomic E-state index is -2.33. The molecule has 4 atom stereocenters. The third kappa shape index (κ3) is 4.53. The van der Waals surface area contributed by atoms with Crippen LogP contribution in [0.5, 0.6) is 0 Å². The summed E-state index contributed by atoms with van der Waals surface area (Å²) in [5.41, 5.74) is -1.37. The lowest BCUT2D eigenvalue weighted by Crippen LogP contribution is -2.53. The van der Waals surface area contributed by atoms with Crippen LogP contribution in [0.4, 0.5) is 0 Å². The number of carbonyl (C=O) groups excluding carboxylic acids is 2. The number of nitrogens with zero attached hydrogens (tertiary/aromatic N) is 1. The second-order valence-electron chi connectivity index (χ2n) is 8.99. The van der Waals surface area contributed by atoms with Crippen molar-refractivity contribution in [3.05, 3.63) is 103 Å². The quantitative estimate of drug-likeness (QED) is 0.458. The number of hydrogen-bond acceptors (Lipinski definition) is 7. The Morgan fingerprint density at radius 2 is 1.54 bits per heavy atom. The summed E-state index contributed by atoms with van der Waals surface area (Å²) in [6.45, 7) is 5.17. The van der Waals surface area contributed by atoms with E-state index in [2.05, 4.69) is 4.98 Å². The van der Waals surface area contributed by atoms with Gasteiger partial charge in [0.25, 0.3) is 5.56 Å². The van der Waals surface area contributed by atoms with E-state index in [-0.39, 0.29) is 16.7 Å². The van der Waals surface area contributed by atoms with Crippen LogP contribution in [0.1, 0.15) is 50.1 Å². The molecule has 0 radical (unpaired) electrons. The molecular weight excluding hydrogens is 452 g/mol. The fourth-order valence-corrected chi connectivity index (χ4v) is 4.21. The summed E-state index contributed by atoms with van der Waals surface area (Å²) in [7, 11) is 0. The Labute approximate surface area is 200 Å². The number of benzene rings is 2. The second kappa shape index (κ2) is 9.18. The molecule has 2 heterocycles. The van der Waals surface area contributed by atoms with Crippen molar-refractivity contribution >= 4 is 11.6 Å². The van der Waals surface area contributed by atoms with Crippen LogP contribution in [-0.4, -0.2) is 49.1 Å². The van der Waals surface area contributed by atoms with E-state index in [9.17, 15) is 29.4 Å². The molecule has 1 aromatic heterocycles. The van der Waals surface area contributed by atoms with Gasteiger partial charge >= 0.3 is 5.69 Å². The molecule has 9 nitrogen and oxygen atoms in total. The molecule has 1 aliphatic rings. The summed E-state index contributed by atoms with van der Waals surface area (Å²) in [5.74, 6) is -1.49. The van der Waals surface area contributed by atoms with Crippen LogP contribution in [0.3, 0.4) is 0 Å². The first-order chi connectivity index (χ1) is 16.5. The van der Waals surface area contributed by atoms with Gasteiger partial charge in [0.05, 0.1) is 0 Å². The van der Waals surface area contributed by atoms with Crippen LogP contribution < -0.4 is 11.2 Å². The van der Waals surface area contributed by atoms with Gasteiger partial charge in [0.2, 0.25) is 0 Å². The highest BCUT2D eigenvalue weighted by Crippen LogP contribution is 2.40. The molecule has 3 aromatic rings. The minimum absolute atomic E-state index is 0.160. The molecule has 1 unspecified atom stereocenters. The van der Waals surface area contributed by atoms with E-state index >= 15 is 0 Å². The molecule has 0 bridgehead atoms. The van der Waals surface area contributed by atoms with Crippen LogP contribution in [0, 0.1) is 20.8 Å². The van der Waals surface area contributed by atoms with Gasteiger partial charge in [0, 0.05) is 29.3 Å². The van der Waals surface area contributed by atoms with E-state index in [0.717, 1.165) is 15.7 Å². The Hall–Kier alpha value is -3.66. The monoisotopic (exact) mass is 478 g/mol. The number of H-pyrrole nitrogens is 1. The van der Waals surface area contributed by atoms with Crippen LogP contribution in [0.15, 0.2) is 64.3 Å². The van der Waals surface area contributed by atoms with Crippen molar-refractivity contribution in [3.8, 4) is 0 Å². The van der Waals surface area contributed by atoms with Crippen molar-refractivity contribution in [2.75, 3.05) is 0 Å². The first-order valence-corrected chi connectivity index (χ1v) is 11.1. The highest BCUT2D eigenvalue weighted by atomic mass is 16.6. The number of ketones is 2. The zero-order chi connectivity index (χ0) is 25.5. The van der Waals surface area contributed by atoms with Crippen LogP contribution >= 0.6 is 0 Å². The number of aromatic nitrogens is 2. The summed E-state index contributed by atoms with van der Waals surface area (Å²) in [6.07, 6.45) is -3.97. The maximum Gasteiger partial charge on any atom is 0.330 e. The zero-order valence-corrected chi connectivity index (χ0v) is 19.5. The number of ether oxygens (including phenoxy) is 1. The van der Waals surface area contributed by atoms with Gasteiger partial charge in [-0.1, -0.05) is 59.7 Å². The number of hydrogen-bond donors (Lipinski definition) is 3. The molecule has 1 fully saturated rings. The Morgan fingerprint density at radius 3 is 2.11 bits per heavy atom. The fraction of sp³-hybridized carbons (Fsp3) is 0.308. The lowest BCUT2D eigenvalue weighted by molar-refractivity contribution is -0.0916. The van der Waals surface area contributed by atoms with E-state index in [1.54, 1.807) is 24.3 Å². The number of aromatic amines is 1. The molecule has 0 amide bonds. The van der Waals surface area contributed by atoms with Gasteiger partial charge in [-0.05, 0) is 20.8 Å². The molecule has 0 saturated carbocycles. The zero-order valence-electron chi connectivity index (χ0n) is 19.5. The Balaban J connectivity index is 1.76. The summed E-state index contributed by atoms with van der Waals surface area (Å²) < 4.78 is 6.87. The Morgan fingerprint density at radius 1 is 1.00 bits per heavy atom. The lowest BCUT2D eigenvalue weighted by Gasteiger charge is -2.29. The normalized spacial score (nSPS) is 22.7. The lowest BCUT2D eigenvalue weighted by atomic mass is 9.82. The molecule has 1 aliphatic heterocycles. The van der Waals surface area contributed by atoms with E-state index in [1.807, 2.05) is 13.8 Å². The van der Waals surface area contributed by atoms with Crippen molar-refractivity contribution in [2.45, 2.75) is 51.2 Å². The maximum atomic E-state index is 13.5. The van der Waals surface area contributed by atoms with Crippen LogP contribution in [0.25, 0.3) is 0 Å². The average molecular weight is 479 g/mol. The summed E-state index contributed by atoms with van der Waals surface area (Å²) in [5, 5.41) is 22.6. The molecule has 9 heteroatoms. The van der Waals surface area contributed by atoms with Crippen LogP contribution in [-0.2, 0) is 4.74 Å². The van der Waals surface area contributed by atoms with Crippen molar-refractivity contribution in [2.24, 2.45) is 0 Å². The van der Waals surface area contributed by atoms with Gasteiger partial charge in [-0.15, -0.1) is 0 Å². The number of aliphatic hydroxyl groups is 2.